The first-order chi connectivity index (χ1) is 12.8. The van der Waals surface area contributed by atoms with Gasteiger partial charge in [-0.25, -0.2) is 0 Å². The molecule has 3 aliphatic rings. The zero-order valence-corrected chi connectivity index (χ0v) is 15.7. The first-order valence-corrected chi connectivity index (χ1v) is 10.0. The largest absolute Gasteiger partial charge is 0.390 e. The normalized spacial score (nSPS) is 29.3. The summed E-state index contributed by atoms with van der Waals surface area (Å²) in [6, 6.07) is 11.0. The predicted molar refractivity (Wildman–Crippen MR) is 104 cm³/mol. The molecule has 3 saturated heterocycles. The maximum Gasteiger partial charge on any atom is 0.0834 e. The number of para-hydroxylation sites is 1. The molecular weight excluding hydrogens is 328 g/mol. The van der Waals surface area contributed by atoms with Crippen LogP contribution >= 0.6 is 0 Å². The van der Waals surface area contributed by atoms with Crippen LogP contribution in [0.15, 0.2) is 30.3 Å². The van der Waals surface area contributed by atoms with Crippen molar-refractivity contribution in [2.24, 2.45) is 0 Å². The van der Waals surface area contributed by atoms with Gasteiger partial charge in [-0.3, -0.25) is 14.7 Å². The zero-order valence-electron chi connectivity index (χ0n) is 15.7. The van der Waals surface area contributed by atoms with Gasteiger partial charge in [-0.1, -0.05) is 18.2 Å². The highest BCUT2D eigenvalue weighted by atomic mass is 16.5. The standard InChI is InChI=1S/C20H32N4O2/c25-20-17-22(16-19(20)24-12-14-26-15-13-24)7-6-21-8-10-23(11-9-21)18-4-2-1-3-5-18/h1-5,19-20,25H,6-17H2/t19-,20-/m0/s1. The van der Waals surface area contributed by atoms with Gasteiger partial charge in [-0.05, 0) is 12.1 Å². The minimum atomic E-state index is -0.219. The average molecular weight is 361 g/mol. The van der Waals surface area contributed by atoms with Gasteiger partial charge in [-0.15, -0.1) is 0 Å². The maximum absolute atomic E-state index is 10.5. The molecule has 2 atom stereocenters. The predicted octanol–water partition coefficient (Wildman–Crippen LogP) is 0.186. The van der Waals surface area contributed by atoms with Crippen molar-refractivity contribution in [3.63, 3.8) is 0 Å². The third-order valence-corrected chi connectivity index (χ3v) is 6.08. The van der Waals surface area contributed by atoms with Crippen LogP contribution in [0.25, 0.3) is 0 Å². The van der Waals surface area contributed by atoms with E-state index < -0.39 is 0 Å². The Morgan fingerprint density at radius 3 is 2.27 bits per heavy atom. The lowest BCUT2D eigenvalue weighted by Crippen LogP contribution is -2.49. The summed E-state index contributed by atoms with van der Waals surface area (Å²) in [6.45, 7) is 11.9. The molecule has 0 aromatic heterocycles. The van der Waals surface area contributed by atoms with Crippen LogP contribution < -0.4 is 4.90 Å². The molecule has 3 fully saturated rings. The quantitative estimate of drug-likeness (QED) is 0.808. The lowest BCUT2D eigenvalue weighted by atomic mass is 10.2. The van der Waals surface area contributed by atoms with Gasteiger partial charge in [0.05, 0.1) is 19.3 Å². The van der Waals surface area contributed by atoms with E-state index in [0.29, 0.717) is 0 Å². The van der Waals surface area contributed by atoms with E-state index in [1.807, 2.05) is 0 Å². The number of benzene rings is 1. The Morgan fingerprint density at radius 1 is 0.846 bits per heavy atom. The molecule has 4 rings (SSSR count). The van der Waals surface area contributed by atoms with Gasteiger partial charge in [-0.2, -0.15) is 0 Å². The van der Waals surface area contributed by atoms with Gasteiger partial charge >= 0.3 is 0 Å². The third-order valence-electron chi connectivity index (χ3n) is 6.08. The number of rotatable bonds is 5. The molecule has 3 aliphatic heterocycles. The fourth-order valence-electron chi connectivity index (χ4n) is 4.45. The van der Waals surface area contributed by atoms with Gasteiger partial charge in [0.2, 0.25) is 0 Å². The number of ether oxygens (including phenoxy) is 1. The summed E-state index contributed by atoms with van der Waals surface area (Å²) in [5.41, 5.74) is 1.34. The van der Waals surface area contributed by atoms with Crippen LogP contribution in [0.3, 0.4) is 0 Å². The molecule has 1 aromatic rings. The van der Waals surface area contributed by atoms with Gasteiger partial charge < -0.3 is 14.7 Å². The molecule has 26 heavy (non-hydrogen) atoms. The van der Waals surface area contributed by atoms with Crippen LogP contribution in [0.1, 0.15) is 0 Å². The van der Waals surface area contributed by atoms with Crippen molar-refractivity contribution < 1.29 is 9.84 Å². The first-order valence-electron chi connectivity index (χ1n) is 10.0. The molecular formula is C20H32N4O2. The number of piperazine rings is 1. The van der Waals surface area contributed by atoms with Crippen LogP contribution in [0.2, 0.25) is 0 Å². The Labute approximate surface area is 156 Å². The van der Waals surface area contributed by atoms with Crippen molar-refractivity contribution >= 4 is 5.69 Å². The Kier molecular flexibility index (Phi) is 6.07. The summed E-state index contributed by atoms with van der Waals surface area (Å²) in [5, 5.41) is 10.5. The molecule has 1 aromatic carbocycles. The summed E-state index contributed by atoms with van der Waals surface area (Å²) >= 11 is 0. The van der Waals surface area contributed by atoms with E-state index in [9.17, 15) is 5.11 Å². The number of likely N-dealkylation sites (tertiary alicyclic amines) is 1. The Bertz CT molecular complexity index is 544. The highest BCUT2D eigenvalue weighted by molar-refractivity contribution is 5.46. The molecule has 0 spiro atoms. The fraction of sp³-hybridized carbons (Fsp3) is 0.700. The Morgan fingerprint density at radius 2 is 1.54 bits per heavy atom. The summed E-state index contributed by atoms with van der Waals surface area (Å²) < 4.78 is 5.44. The molecule has 0 saturated carbocycles. The van der Waals surface area contributed by atoms with Crippen molar-refractivity contribution in [3.05, 3.63) is 30.3 Å². The van der Waals surface area contributed by atoms with Crippen molar-refractivity contribution in [1.82, 2.24) is 14.7 Å². The minimum Gasteiger partial charge on any atom is -0.390 e. The second kappa shape index (κ2) is 8.67. The van der Waals surface area contributed by atoms with E-state index in [2.05, 4.69) is 49.9 Å². The molecule has 3 heterocycles. The number of nitrogens with zero attached hydrogens (tertiary/aromatic N) is 4. The van der Waals surface area contributed by atoms with Crippen LogP contribution in [-0.4, -0.2) is 111 Å². The van der Waals surface area contributed by atoms with E-state index >= 15 is 0 Å². The molecule has 0 unspecified atom stereocenters. The summed E-state index contributed by atoms with van der Waals surface area (Å²) in [5.74, 6) is 0. The summed E-state index contributed by atoms with van der Waals surface area (Å²) in [7, 11) is 0. The topological polar surface area (TPSA) is 42.4 Å². The van der Waals surface area contributed by atoms with Crippen molar-refractivity contribution in [3.8, 4) is 0 Å². The van der Waals surface area contributed by atoms with Gasteiger partial charge in [0.1, 0.15) is 0 Å². The van der Waals surface area contributed by atoms with E-state index in [0.717, 1.165) is 78.7 Å². The lowest BCUT2D eigenvalue weighted by molar-refractivity contribution is -0.00617. The second-order valence-corrected chi connectivity index (χ2v) is 7.71. The molecule has 0 aliphatic carbocycles. The number of hydrogen-bond acceptors (Lipinski definition) is 6. The molecule has 1 N–H and O–H groups in total. The van der Waals surface area contributed by atoms with E-state index in [4.69, 9.17) is 4.74 Å². The van der Waals surface area contributed by atoms with Gasteiger partial charge in [0, 0.05) is 77.2 Å². The smallest absolute Gasteiger partial charge is 0.0834 e. The molecule has 0 amide bonds. The highest BCUT2D eigenvalue weighted by Gasteiger charge is 2.36. The molecule has 0 radical (unpaired) electrons. The van der Waals surface area contributed by atoms with E-state index in [1.165, 1.54) is 5.69 Å². The number of anilines is 1. The Hall–Kier alpha value is -1.18. The first kappa shape index (κ1) is 18.2. The molecule has 6 heteroatoms. The third kappa shape index (κ3) is 4.38. The van der Waals surface area contributed by atoms with Crippen molar-refractivity contribution in [2.45, 2.75) is 12.1 Å². The van der Waals surface area contributed by atoms with Crippen LogP contribution in [0, 0.1) is 0 Å². The lowest BCUT2D eigenvalue weighted by Gasteiger charge is -2.36. The average Bonchev–Trinajstić information content (AvgIpc) is 3.09. The minimum absolute atomic E-state index is 0.219. The fourth-order valence-corrected chi connectivity index (χ4v) is 4.45. The number of morpholine rings is 1. The number of aliphatic hydroxyl groups excluding tert-OH is 1. The monoisotopic (exact) mass is 360 g/mol. The summed E-state index contributed by atoms with van der Waals surface area (Å²) in [4.78, 5) is 9.89. The zero-order chi connectivity index (χ0) is 17.8. The molecule has 6 nitrogen and oxygen atoms in total. The second-order valence-electron chi connectivity index (χ2n) is 7.71. The van der Waals surface area contributed by atoms with Crippen molar-refractivity contribution in [2.75, 3.05) is 83.6 Å². The van der Waals surface area contributed by atoms with Crippen LogP contribution in [-0.2, 0) is 4.74 Å². The molecule has 144 valence electrons. The van der Waals surface area contributed by atoms with Crippen LogP contribution in [0.5, 0.6) is 0 Å². The van der Waals surface area contributed by atoms with E-state index in [1.54, 1.807) is 0 Å². The van der Waals surface area contributed by atoms with Gasteiger partial charge in [0.25, 0.3) is 0 Å². The SMILES string of the molecule is O[C@H]1CN(CCN2CCN(c3ccccc3)CC2)C[C@@H]1N1CCOCC1. The number of β-amino-alcohol motifs (C(OH)–C–C–N with tert-alkyl or cyclic N) is 1. The number of aliphatic hydroxyl groups is 1. The van der Waals surface area contributed by atoms with Gasteiger partial charge in [0.15, 0.2) is 0 Å². The van der Waals surface area contributed by atoms with Crippen molar-refractivity contribution in [1.29, 1.82) is 0 Å². The highest BCUT2D eigenvalue weighted by Crippen LogP contribution is 2.18. The number of hydrogen-bond donors (Lipinski definition) is 1. The van der Waals surface area contributed by atoms with Crippen LogP contribution in [0.4, 0.5) is 5.69 Å². The summed E-state index contributed by atoms with van der Waals surface area (Å²) in [6.07, 6.45) is -0.219. The van der Waals surface area contributed by atoms with E-state index in [-0.39, 0.29) is 12.1 Å². The Balaban J connectivity index is 1.19. The molecule has 0 bridgehead atoms. The maximum atomic E-state index is 10.5.